The summed E-state index contributed by atoms with van der Waals surface area (Å²) in [7, 11) is 0. The molecule has 2 atom stereocenters. The fourth-order valence-corrected chi connectivity index (χ4v) is 1.05. The molecule has 0 saturated heterocycles. The summed E-state index contributed by atoms with van der Waals surface area (Å²) >= 11 is 0. The van der Waals surface area contributed by atoms with E-state index in [4.69, 9.17) is 4.74 Å². The van der Waals surface area contributed by atoms with E-state index in [1.165, 1.54) is 0 Å². The number of ether oxygens (including phenoxy) is 1. The van der Waals surface area contributed by atoms with Gasteiger partial charge in [-0.3, -0.25) is 0 Å². The van der Waals surface area contributed by atoms with E-state index in [1.54, 1.807) is 0 Å². The first-order valence-corrected chi connectivity index (χ1v) is 4.92. The van der Waals surface area contributed by atoms with Gasteiger partial charge in [-0.05, 0) is 26.7 Å². The second-order valence-electron chi connectivity index (χ2n) is 3.84. The Kier molecular flexibility index (Phi) is 4.41. The third-order valence-electron chi connectivity index (χ3n) is 2.73. The Morgan fingerprint density at radius 3 is 1.46 bits per heavy atom. The van der Waals surface area contributed by atoms with Crippen LogP contribution < -0.4 is 0 Å². The molecule has 0 rings (SSSR count). The van der Waals surface area contributed by atoms with Crippen molar-refractivity contribution in [2.45, 2.75) is 51.7 Å². The molecule has 1 nitrogen and oxygen atoms in total. The van der Waals surface area contributed by atoms with Gasteiger partial charge >= 0.3 is 0 Å². The van der Waals surface area contributed by atoms with Crippen molar-refractivity contribution >= 4 is 0 Å². The van der Waals surface area contributed by atoms with Gasteiger partial charge in [-0.15, -0.1) is 13.2 Å². The molecule has 0 bridgehead atoms. The maximum Gasteiger partial charge on any atom is 0.0840 e. The highest BCUT2D eigenvalue weighted by Crippen LogP contribution is 2.27. The Balaban J connectivity index is 4.54. The minimum atomic E-state index is -0.237. The van der Waals surface area contributed by atoms with E-state index in [1.807, 2.05) is 12.2 Å². The summed E-state index contributed by atoms with van der Waals surface area (Å²) in [5.74, 6) is 0. The van der Waals surface area contributed by atoms with Gasteiger partial charge in [0.05, 0.1) is 11.2 Å². The molecule has 0 heterocycles. The average Bonchev–Trinajstić information content (AvgIpc) is 2.17. The van der Waals surface area contributed by atoms with Crippen molar-refractivity contribution in [3.8, 4) is 0 Å². The molecule has 0 aliphatic heterocycles. The highest BCUT2D eigenvalue weighted by atomic mass is 16.5. The molecule has 0 aromatic carbocycles. The summed E-state index contributed by atoms with van der Waals surface area (Å²) in [5, 5.41) is 0. The highest BCUT2D eigenvalue weighted by Gasteiger charge is 2.28. The minimum Gasteiger partial charge on any atom is -0.361 e. The van der Waals surface area contributed by atoms with Crippen molar-refractivity contribution in [3.63, 3.8) is 0 Å². The predicted molar refractivity (Wildman–Crippen MR) is 58.9 cm³/mol. The lowest BCUT2D eigenvalue weighted by atomic mass is 9.98. The molecular formula is C12H22O. The smallest absolute Gasteiger partial charge is 0.0840 e. The molecule has 0 radical (unpaired) electrons. The molecule has 1 heteroatoms. The lowest BCUT2D eigenvalue weighted by Gasteiger charge is -2.36. The zero-order valence-electron chi connectivity index (χ0n) is 9.39. The van der Waals surface area contributed by atoms with Crippen LogP contribution in [-0.2, 0) is 4.74 Å². The van der Waals surface area contributed by atoms with E-state index in [-0.39, 0.29) is 11.2 Å². The van der Waals surface area contributed by atoms with Crippen molar-refractivity contribution in [2.75, 3.05) is 0 Å². The monoisotopic (exact) mass is 182 g/mol. The fourth-order valence-electron chi connectivity index (χ4n) is 1.05. The van der Waals surface area contributed by atoms with E-state index < -0.39 is 0 Å². The molecule has 0 aromatic heterocycles. The lowest BCUT2D eigenvalue weighted by Crippen LogP contribution is -2.37. The van der Waals surface area contributed by atoms with Crippen LogP contribution in [0.4, 0.5) is 0 Å². The molecule has 0 spiro atoms. The van der Waals surface area contributed by atoms with Crippen molar-refractivity contribution in [1.29, 1.82) is 0 Å². The SMILES string of the molecule is C=CC(C)(CC)OC(C)(C=C)CC. The van der Waals surface area contributed by atoms with Gasteiger partial charge in [0.2, 0.25) is 0 Å². The van der Waals surface area contributed by atoms with E-state index >= 15 is 0 Å². The van der Waals surface area contributed by atoms with Crippen LogP contribution in [-0.4, -0.2) is 11.2 Å². The van der Waals surface area contributed by atoms with E-state index in [0.29, 0.717) is 0 Å². The summed E-state index contributed by atoms with van der Waals surface area (Å²) in [6, 6.07) is 0. The fraction of sp³-hybridized carbons (Fsp3) is 0.667. The minimum absolute atomic E-state index is 0.237. The van der Waals surface area contributed by atoms with Crippen LogP contribution >= 0.6 is 0 Å². The molecule has 0 aromatic rings. The second kappa shape index (κ2) is 4.61. The molecule has 76 valence electrons. The van der Waals surface area contributed by atoms with Crippen molar-refractivity contribution < 1.29 is 4.74 Å². The quantitative estimate of drug-likeness (QED) is 0.569. The van der Waals surface area contributed by atoms with Crippen molar-refractivity contribution in [3.05, 3.63) is 25.3 Å². The topological polar surface area (TPSA) is 9.23 Å². The molecule has 2 unspecified atom stereocenters. The van der Waals surface area contributed by atoms with E-state index in [0.717, 1.165) is 12.8 Å². The Hall–Kier alpha value is -0.560. The Bertz CT molecular complexity index is 166. The summed E-state index contributed by atoms with van der Waals surface area (Å²) in [6.45, 7) is 15.9. The predicted octanol–water partition coefficient (Wildman–Crippen LogP) is 3.71. The van der Waals surface area contributed by atoms with Gasteiger partial charge in [0.25, 0.3) is 0 Å². The summed E-state index contributed by atoms with van der Waals surface area (Å²) in [4.78, 5) is 0. The maximum absolute atomic E-state index is 5.99. The normalized spacial score (nSPS) is 20.0. The van der Waals surface area contributed by atoms with Gasteiger partial charge in [0.1, 0.15) is 0 Å². The third-order valence-corrected chi connectivity index (χ3v) is 2.73. The van der Waals surface area contributed by atoms with Crippen LogP contribution in [0.15, 0.2) is 25.3 Å². The molecular weight excluding hydrogens is 160 g/mol. The van der Waals surface area contributed by atoms with Gasteiger partial charge in [-0.1, -0.05) is 26.0 Å². The Labute approximate surface area is 82.5 Å². The number of hydrogen-bond donors (Lipinski definition) is 0. The van der Waals surface area contributed by atoms with Crippen molar-refractivity contribution in [1.82, 2.24) is 0 Å². The molecule has 0 fully saturated rings. The average molecular weight is 182 g/mol. The molecule has 0 aliphatic carbocycles. The van der Waals surface area contributed by atoms with Crippen LogP contribution in [0.3, 0.4) is 0 Å². The Morgan fingerprint density at radius 1 is 1.00 bits per heavy atom. The summed E-state index contributed by atoms with van der Waals surface area (Å²) in [5.41, 5.74) is -0.474. The van der Waals surface area contributed by atoms with Crippen LogP contribution in [0.25, 0.3) is 0 Å². The molecule has 0 amide bonds. The first-order valence-electron chi connectivity index (χ1n) is 4.92. The second-order valence-corrected chi connectivity index (χ2v) is 3.84. The zero-order valence-corrected chi connectivity index (χ0v) is 9.39. The third kappa shape index (κ3) is 3.35. The zero-order chi connectivity index (χ0) is 10.5. The lowest BCUT2D eigenvalue weighted by molar-refractivity contribution is -0.0915. The van der Waals surface area contributed by atoms with Gasteiger partial charge < -0.3 is 4.74 Å². The van der Waals surface area contributed by atoms with Gasteiger partial charge in [-0.2, -0.15) is 0 Å². The van der Waals surface area contributed by atoms with Crippen LogP contribution in [0.1, 0.15) is 40.5 Å². The maximum atomic E-state index is 5.99. The number of hydrogen-bond acceptors (Lipinski definition) is 1. The first kappa shape index (κ1) is 12.4. The molecule has 0 saturated carbocycles. The van der Waals surface area contributed by atoms with Crippen LogP contribution in [0.5, 0.6) is 0 Å². The first-order chi connectivity index (χ1) is 5.95. The van der Waals surface area contributed by atoms with Crippen molar-refractivity contribution in [2.24, 2.45) is 0 Å². The van der Waals surface area contributed by atoms with E-state index in [9.17, 15) is 0 Å². The number of rotatable bonds is 6. The summed E-state index contributed by atoms with van der Waals surface area (Å²) in [6.07, 6.45) is 5.59. The Morgan fingerprint density at radius 2 is 1.31 bits per heavy atom. The molecule has 0 aliphatic rings. The van der Waals surface area contributed by atoms with Crippen LogP contribution in [0.2, 0.25) is 0 Å². The van der Waals surface area contributed by atoms with Crippen LogP contribution in [0, 0.1) is 0 Å². The largest absolute Gasteiger partial charge is 0.361 e. The highest BCUT2D eigenvalue weighted by molar-refractivity contribution is 5.00. The summed E-state index contributed by atoms with van der Waals surface area (Å²) < 4.78 is 5.99. The van der Waals surface area contributed by atoms with Gasteiger partial charge in [-0.25, -0.2) is 0 Å². The van der Waals surface area contributed by atoms with Gasteiger partial charge in [0, 0.05) is 0 Å². The standard InChI is InChI=1S/C12H22O/c1-7-11(5,8-2)13-12(6,9-3)10-4/h7,9H,1,3,8,10H2,2,4-6H3. The van der Waals surface area contributed by atoms with Gasteiger partial charge in [0.15, 0.2) is 0 Å². The van der Waals surface area contributed by atoms with E-state index in [2.05, 4.69) is 40.9 Å². The molecule has 13 heavy (non-hydrogen) atoms. The molecule has 0 N–H and O–H groups in total.